The molecule has 3 rings (SSSR count). The van der Waals surface area contributed by atoms with E-state index >= 15 is 0 Å². The Balaban J connectivity index is 0.00000301. The monoisotopic (exact) mass is 606 g/mol. The van der Waals surface area contributed by atoms with Crippen LogP contribution in [0.4, 0.5) is 23.7 Å². The molecule has 42 heavy (non-hydrogen) atoms. The van der Waals surface area contributed by atoms with Crippen LogP contribution in [0.15, 0.2) is 64.8 Å². The van der Waals surface area contributed by atoms with E-state index in [2.05, 4.69) is 10.3 Å². The van der Waals surface area contributed by atoms with E-state index in [0.717, 1.165) is 10.5 Å². The fourth-order valence-corrected chi connectivity index (χ4v) is 4.45. The highest BCUT2D eigenvalue weighted by molar-refractivity contribution is 6.30. The third-order valence-electron chi connectivity index (χ3n) is 6.78. The van der Waals surface area contributed by atoms with Gasteiger partial charge in [0.1, 0.15) is 5.84 Å². The Labute approximate surface area is 249 Å². The third-order valence-corrected chi connectivity index (χ3v) is 7.01. The van der Waals surface area contributed by atoms with Crippen molar-refractivity contribution in [3.8, 4) is 0 Å². The average molecular weight is 607 g/mol. The minimum absolute atomic E-state index is 0.203. The summed E-state index contributed by atoms with van der Waals surface area (Å²) in [5.74, 6) is -0.849. The van der Waals surface area contributed by atoms with Gasteiger partial charge in [0.25, 0.3) is 0 Å². The maximum absolute atomic E-state index is 13.1. The molecule has 1 fully saturated rings. The fourth-order valence-electron chi connectivity index (χ4n) is 4.27. The zero-order valence-electron chi connectivity index (χ0n) is 24.2. The van der Waals surface area contributed by atoms with Crippen molar-refractivity contribution >= 4 is 40.8 Å². The molecule has 0 aliphatic heterocycles. The number of alkyl halides is 3. The zero-order valence-corrected chi connectivity index (χ0v) is 25.0. The molecule has 228 valence electrons. The summed E-state index contributed by atoms with van der Waals surface area (Å²) in [5, 5.41) is 11.4. The van der Waals surface area contributed by atoms with Gasteiger partial charge in [0.2, 0.25) is 5.91 Å². The molecule has 0 heterocycles. The SMILES string of the molecule is CC.Cc1ccc(C(=N)N(CCC(F)(F)F)C(=O)NC/C(N)=C2\CCC(C)(C(N)=O)CC2=Nc2cccc(Cl)c2)cc1. The van der Waals surface area contributed by atoms with Gasteiger partial charge in [-0.1, -0.05) is 68.3 Å². The van der Waals surface area contributed by atoms with E-state index in [4.69, 9.17) is 28.5 Å². The number of amidine groups is 1. The van der Waals surface area contributed by atoms with Crippen molar-refractivity contribution in [3.63, 3.8) is 0 Å². The van der Waals surface area contributed by atoms with Crippen molar-refractivity contribution in [2.24, 2.45) is 21.9 Å². The van der Waals surface area contributed by atoms with Gasteiger partial charge in [-0.3, -0.25) is 20.1 Å². The molecule has 1 aliphatic rings. The first kappa shape index (κ1) is 34.3. The molecule has 1 atom stereocenters. The van der Waals surface area contributed by atoms with Crippen LogP contribution in [0.25, 0.3) is 0 Å². The van der Waals surface area contributed by atoms with Crippen LogP contribution in [0.5, 0.6) is 0 Å². The van der Waals surface area contributed by atoms with Gasteiger partial charge >= 0.3 is 12.2 Å². The number of primary amides is 1. The van der Waals surface area contributed by atoms with Gasteiger partial charge in [-0.05, 0) is 43.5 Å². The Morgan fingerprint density at radius 1 is 1.14 bits per heavy atom. The Morgan fingerprint density at radius 2 is 1.79 bits per heavy atom. The molecule has 8 nitrogen and oxygen atoms in total. The number of amides is 3. The van der Waals surface area contributed by atoms with Crippen molar-refractivity contribution in [3.05, 3.63) is 76.0 Å². The van der Waals surface area contributed by atoms with Crippen LogP contribution in [0.1, 0.15) is 57.6 Å². The van der Waals surface area contributed by atoms with Crippen LogP contribution >= 0.6 is 11.6 Å². The molecule has 0 aromatic heterocycles. The first-order chi connectivity index (χ1) is 19.7. The number of halogens is 4. The lowest BCUT2D eigenvalue weighted by Crippen LogP contribution is -2.46. The van der Waals surface area contributed by atoms with Crippen molar-refractivity contribution in [2.75, 3.05) is 13.1 Å². The molecule has 0 saturated heterocycles. The molecule has 2 aromatic carbocycles. The molecule has 2 aromatic rings. The average Bonchev–Trinajstić information content (AvgIpc) is 2.92. The zero-order chi connectivity index (χ0) is 31.7. The van der Waals surface area contributed by atoms with Gasteiger partial charge in [0, 0.05) is 35.0 Å². The smallest absolute Gasteiger partial charge is 0.390 e. The summed E-state index contributed by atoms with van der Waals surface area (Å²) in [6, 6.07) is 12.4. The van der Waals surface area contributed by atoms with Gasteiger partial charge in [-0.2, -0.15) is 13.2 Å². The number of carbonyl (C=O) groups is 2. The van der Waals surface area contributed by atoms with Crippen LogP contribution in [0, 0.1) is 17.7 Å². The van der Waals surface area contributed by atoms with E-state index in [9.17, 15) is 22.8 Å². The van der Waals surface area contributed by atoms with Crippen molar-refractivity contribution in [1.82, 2.24) is 10.2 Å². The molecule has 12 heteroatoms. The molecule has 6 N–H and O–H groups in total. The lowest BCUT2D eigenvalue weighted by atomic mass is 9.72. The van der Waals surface area contributed by atoms with E-state index in [1.54, 1.807) is 55.5 Å². The van der Waals surface area contributed by atoms with E-state index in [0.29, 0.717) is 40.4 Å². The quantitative estimate of drug-likeness (QED) is 0.208. The van der Waals surface area contributed by atoms with Gasteiger partial charge in [-0.15, -0.1) is 0 Å². The molecule has 3 amide bonds. The summed E-state index contributed by atoms with van der Waals surface area (Å²) in [5.41, 5.74) is 14.2. The molecule has 0 radical (unpaired) electrons. The summed E-state index contributed by atoms with van der Waals surface area (Å²) >= 11 is 6.09. The number of carbonyl (C=O) groups excluding carboxylic acids is 2. The van der Waals surface area contributed by atoms with E-state index in [-0.39, 0.29) is 24.5 Å². The molecular weight excluding hydrogens is 569 g/mol. The lowest BCUT2D eigenvalue weighted by Gasteiger charge is -2.33. The standard InChI is InChI=1S/C28H32ClF3N6O2.C2H6/c1-17-6-8-18(9-7-17)24(34)38(13-12-28(30,31)32)26(40)36-16-22(33)21-10-11-27(2,25(35)39)15-23(21)37-20-5-3-4-19(29)14-20;1-2/h3-9,14,34H,10-13,15-16,33H2,1-2H3,(H2,35,39)(H,36,40);1-2H3/b22-21-,34-24?,37-23?;. The second-order valence-corrected chi connectivity index (χ2v) is 10.5. The highest BCUT2D eigenvalue weighted by Gasteiger charge is 2.38. The molecular formula is C30H38ClF3N6O2. The van der Waals surface area contributed by atoms with Gasteiger partial charge in [0.15, 0.2) is 0 Å². The summed E-state index contributed by atoms with van der Waals surface area (Å²) in [6.07, 6.45) is -4.86. The minimum atomic E-state index is -4.52. The number of aliphatic imine (C=N–C) groups is 1. The normalized spacial score (nSPS) is 18.9. The summed E-state index contributed by atoms with van der Waals surface area (Å²) in [6.45, 7) is 6.63. The van der Waals surface area contributed by atoms with Crippen LogP contribution in [0.2, 0.25) is 5.02 Å². The van der Waals surface area contributed by atoms with Gasteiger partial charge < -0.3 is 16.8 Å². The minimum Gasteiger partial charge on any atom is -0.400 e. The maximum Gasteiger partial charge on any atom is 0.390 e. The molecule has 1 unspecified atom stereocenters. The highest BCUT2D eigenvalue weighted by atomic mass is 35.5. The summed E-state index contributed by atoms with van der Waals surface area (Å²) in [4.78, 5) is 30.6. The Hall–Kier alpha value is -3.86. The topological polar surface area (TPSA) is 138 Å². The molecule has 0 bridgehead atoms. The predicted molar refractivity (Wildman–Crippen MR) is 161 cm³/mol. The number of hydrogen-bond acceptors (Lipinski definition) is 5. The second-order valence-electron chi connectivity index (χ2n) is 10.0. The molecule has 1 aliphatic carbocycles. The van der Waals surface area contributed by atoms with E-state index in [1.165, 1.54) is 0 Å². The lowest BCUT2D eigenvalue weighted by molar-refractivity contribution is -0.135. The third kappa shape index (κ3) is 9.61. The number of nitrogens with zero attached hydrogens (tertiary/aromatic N) is 2. The van der Waals surface area contributed by atoms with Crippen molar-refractivity contribution in [2.45, 2.75) is 59.6 Å². The fraction of sp³-hybridized carbons (Fsp3) is 0.400. The number of benzene rings is 2. The first-order valence-corrected chi connectivity index (χ1v) is 13.9. The summed E-state index contributed by atoms with van der Waals surface area (Å²) < 4.78 is 39.0. The van der Waals surface area contributed by atoms with E-state index in [1.807, 2.05) is 20.8 Å². The van der Waals surface area contributed by atoms with Crippen molar-refractivity contribution < 1.29 is 22.8 Å². The Bertz CT molecular complexity index is 1340. The number of hydrogen-bond donors (Lipinski definition) is 4. The predicted octanol–water partition coefficient (Wildman–Crippen LogP) is 6.62. The Morgan fingerprint density at radius 3 is 2.36 bits per heavy atom. The molecule has 0 spiro atoms. The van der Waals surface area contributed by atoms with Gasteiger partial charge in [0.05, 0.1) is 24.1 Å². The number of allylic oxidation sites excluding steroid dienone is 1. The number of nitrogens with two attached hydrogens (primary N) is 2. The first-order valence-electron chi connectivity index (χ1n) is 13.6. The Kier molecular flexibility index (Phi) is 12.1. The van der Waals surface area contributed by atoms with Crippen LogP contribution < -0.4 is 16.8 Å². The van der Waals surface area contributed by atoms with Crippen LogP contribution in [0.3, 0.4) is 0 Å². The number of aryl methyl sites for hydroxylation is 1. The second kappa shape index (κ2) is 14.9. The molecule has 1 saturated carbocycles. The number of nitrogens with one attached hydrogen (secondary N) is 2. The number of urea groups is 1. The maximum atomic E-state index is 13.1. The van der Waals surface area contributed by atoms with Crippen LogP contribution in [-0.4, -0.2) is 47.7 Å². The summed E-state index contributed by atoms with van der Waals surface area (Å²) in [7, 11) is 0. The van der Waals surface area contributed by atoms with Gasteiger partial charge in [-0.25, -0.2) is 4.79 Å². The highest BCUT2D eigenvalue weighted by Crippen LogP contribution is 2.38. The van der Waals surface area contributed by atoms with Crippen molar-refractivity contribution in [1.29, 1.82) is 5.41 Å². The number of rotatable bonds is 7. The van der Waals surface area contributed by atoms with E-state index < -0.39 is 36.5 Å². The van der Waals surface area contributed by atoms with Crippen LogP contribution in [-0.2, 0) is 4.79 Å². The largest absolute Gasteiger partial charge is 0.400 e.